The van der Waals surface area contributed by atoms with Crippen molar-refractivity contribution in [3.8, 4) is 5.75 Å². The maximum Gasteiger partial charge on any atom is 0.287 e. The highest BCUT2D eigenvalue weighted by atomic mass is 19.3. The Hall–Kier alpha value is -3.36. The third kappa shape index (κ3) is 4.86. The lowest BCUT2D eigenvalue weighted by Gasteiger charge is -2.25. The van der Waals surface area contributed by atoms with E-state index in [-0.39, 0.29) is 23.3 Å². The number of amides is 1. The number of anilines is 1. The first kappa shape index (κ1) is 22.8. The predicted octanol–water partition coefficient (Wildman–Crippen LogP) is 4.96. The van der Waals surface area contributed by atoms with Crippen LogP contribution in [0.1, 0.15) is 67.3 Å². The fraction of sp³-hybridized carbons (Fsp3) is 0.417. The minimum absolute atomic E-state index is 0.121. The van der Waals surface area contributed by atoms with Gasteiger partial charge in [-0.25, -0.2) is 9.97 Å². The van der Waals surface area contributed by atoms with Crippen LogP contribution in [0.3, 0.4) is 0 Å². The van der Waals surface area contributed by atoms with Gasteiger partial charge in [-0.2, -0.15) is 8.78 Å². The molecule has 1 aliphatic rings. The van der Waals surface area contributed by atoms with Gasteiger partial charge >= 0.3 is 0 Å². The zero-order chi connectivity index (χ0) is 23.8. The number of imidazole rings is 1. The van der Waals surface area contributed by atoms with Gasteiger partial charge in [0.05, 0.1) is 12.8 Å². The molecule has 0 saturated heterocycles. The molecule has 0 bridgehead atoms. The lowest BCUT2D eigenvalue weighted by molar-refractivity contribution is -0.121. The van der Waals surface area contributed by atoms with Crippen molar-refractivity contribution >= 4 is 23.0 Å². The number of nitrogens with zero attached hydrogens (tertiary/aromatic N) is 3. The third-order valence-corrected chi connectivity index (χ3v) is 6.19. The second-order valence-electron chi connectivity index (χ2n) is 8.60. The number of hydrogen-bond donors (Lipinski definition) is 1. The largest absolute Gasteiger partial charge is 0.494 e. The Bertz CT molecular complexity index is 1190. The highest BCUT2D eigenvalue weighted by Gasteiger charge is 2.28. The Labute approximate surface area is 190 Å². The Morgan fingerprint density at radius 2 is 1.88 bits per heavy atom. The van der Waals surface area contributed by atoms with E-state index < -0.39 is 17.5 Å². The van der Waals surface area contributed by atoms with Crippen molar-refractivity contribution in [3.05, 3.63) is 53.7 Å². The van der Waals surface area contributed by atoms with E-state index >= 15 is 0 Å². The molecule has 1 amide bonds. The number of rotatable bonds is 6. The van der Waals surface area contributed by atoms with Crippen molar-refractivity contribution in [1.82, 2.24) is 14.4 Å². The van der Waals surface area contributed by atoms with Crippen molar-refractivity contribution in [2.75, 3.05) is 12.4 Å². The summed E-state index contributed by atoms with van der Waals surface area (Å²) < 4.78 is 34.4. The van der Waals surface area contributed by atoms with E-state index in [0.29, 0.717) is 17.1 Å². The zero-order valence-electron chi connectivity index (χ0n) is 18.8. The first-order valence-electron chi connectivity index (χ1n) is 10.9. The second-order valence-corrected chi connectivity index (χ2v) is 8.60. The molecule has 33 heavy (non-hydrogen) atoms. The van der Waals surface area contributed by atoms with Crippen LogP contribution >= 0.6 is 0 Å². The molecule has 0 aromatic carbocycles. The van der Waals surface area contributed by atoms with Crippen LogP contribution in [0.25, 0.3) is 5.65 Å². The van der Waals surface area contributed by atoms with Crippen molar-refractivity contribution in [1.29, 1.82) is 0 Å². The molecule has 3 aromatic rings. The number of aromatic nitrogens is 3. The monoisotopic (exact) mass is 456 g/mol. The Kier molecular flexibility index (Phi) is 6.14. The number of pyridine rings is 2. The average Bonchev–Trinajstić information content (AvgIpc) is 3.21. The molecule has 7 nitrogen and oxygen atoms in total. The highest BCUT2D eigenvalue weighted by molar-refractivity contribution is 6.03. The molecular formula is C24H26F2N4O3. The fourth-order valence-corrected chi connectivity index (χ4v) is 4.28. The predicted molar refractivity (Wildman–Crippen MR) is 119 cm³/mol. The molecule has 1 saturated carbocycles. The van der Waals surface area contributed by atoms with Gasteiger partial charge in [0.25, 0.3) is 11.8 Å². The summed E-state index contributed by atoms with van der Waals surface area (Å²) >= 11 is 0. The molecule has 0 atom stereocenters. The van der Waals surface area contributed by atoms with Crippen molar-refractivity contribution < 1.29 is 23.1 Å². The molecule has 1 aliphatic carbocycles. The van der Waals surface area contributed by atoms with Crippen molar-refractivity contribution in [3.63, 3.8) is 0 Å². The minimum atomic E-state index is -3.15. The van der Waals surface area contributed by atoms with Gasteiger partial charge in [-0.05, 0) is 44.7 Å². The maximum atomic E-state index is 13.6. The lowest BCUT2D eigenvalue weighted by atomic mass is 9.79. The number of hydrogen-bond acceptors (Lipinski definition) is 5. The molecule has 0 spiro atoms. The van der Waals surface area contributed by atoms with Gasteiger partial charge in [0, 0.05) is 37.2 Å². The summed E-state index contributed by atoms with van der Waals surface area (Å²) in [6.45, 7) is 2.38. The number of alkyl halides is 2. The number of Topliss-reactive ketones (excluding diaryl/α,β-unsaturated/α-hetero) is 1. The summed E-state index contributed by atoms with van der Waals surface area (Å²) in [4.78, 5) is 32.9. The first-order chi connectivity index (χ1) is 15.7. The number of methoxy groups -OCH3 is 1. The molecular weight excluding hydrogens is 430 g/mol. The standard InChI is InChI=1S/C24H26F2N4O3/c1-14(31)15-7-9-16(10-8-15)18-12-30-13-19(20(33-3)11-22(30)28-18)29-23(32)17-5-4-6-21(27-17)24(2,25)26/h4-6,11-13,15-16H,7-10H2,1-3H3,(H,29,32)/t15-,16-. The van der Waals surface area contributed by atoms with E-state index in [0.717, 1.165) is 38.3 Å². The normalized spacial score (nSPS) is 18.8. The highest BCUT2D eigenvalue weighted by Crippen LogP contribution is 2.36. The minimum Gasteiger partial charge on any atom is -0.494 e. The molecule has 1 N–H and O–H groups in total. The van der Waals surface area contributed by atoms with E-state index in [9.17, 15) is 18.4 Å². The van der Waals surface area contributed by atoms with Gasteiger partial charge in [-0.1, -0.05) is 6.07 Å². The summed E-state index contributed by atoms with van der Waals surface area (Å²) in [5.74, 6) is -2.72. The van der Waals surface area contributed by atoms with Crippen LogP contribution in [0, 0.1) is 5.92 Å². The number of nitrogens with one attached hydrogen (secondary N) is 1. The van der Waals surface area contributed by atoms with Crippen molar-refractivity contribution in [2.24, 2.45) is 5.92 Å². The van der Waals surface area contributed by atoms with E-state index in [4.69, 9.17) is 9.72 Å². The van der Waals surface area contributed by atoms with Crippen LogP contribution in [0.2, 0.25) is 0 Å². The fourth-order valence-electron chi connectivity index (χ4n) is 4.28. The van der Waals surface area contributed by atoms with E-state index in [1.807, 2.05) is 6.20 Å². The summed E-state index contributed by atoms with van der Waals surface area (Å²) in [6, 6.07) is 5.64. The van der Waals surface area contributed by atoms with Gasteiger partial charge in [0.2, 0.25) is 0 Å². The van der Waals surface area contributed by atoms with Gasteiger partial charge in [0.15, 0.2) is 0 Å². The number of carbonyl (C=O) groups excluding carboxylic acids is 2. The first-order valence-corrected chi connectivity index (χ1v) is 10.9. The smallest absolute Gasteiger partial charge is 0.287 e. The topological polar surface area (TPSA) is 85.6 Å². The average molecular weight is 456 g/mol. The molecule has 4 rings (SSSR count). The summed E-state index contributed by atoms with van der Waals surface area (Å²) in [5, 5.41) is 2.70. The lowest BCUT2D eigenvalue weighted by Crippen LogP contribution is -2.19. The quantitative estimate of drug-likeness (QED) is 0.566. The molecule has 0 radical (unpaired) electrons. The number of carbonyl (C=O) groups is 2. The Balaban J connectivity index is 1.57. The van der Waals surface area contributed by atoms with Crippen LogP contribution < -0.4 is 10.1 Å². The molecule has 3 aromatic heterocycles. The van der Waals surface area contributed by atoms with Crippen LogP contribution in [0.4, 0.5) is 14.5 Å². The maximum absolute atomic E-state index is 13.6. The van der Waals surface area contributed by atoms with Crippen LogP contribution in [0.5, 0.6) is 5.75 Å². The second kappa shape index (κ2) is 8.88. The number of ketones is 1. The van der Waals surface area contributed by atoms with Gasteiger partial charge in [-0.15, -0.1) is 0 Å². The molecule has 3 heterocycles. The summed E-state index contributed by atoms with van der Waals surface area (Å²) in [5.41, 5.74) is 1.37. The molecule has 0 unspecified atom stereocenters. The number of fused-ring (bicyclic) bond motifs is 1. The van der Waals surface area contributed by atoms with Crippen LogP contribution in [-0.2, 0) is 10.7 Å². The van der Waals surface area contributed by atoms with Gasteiger partial charge in [-0.3, -0.25) is 9.59 Å². The molecule has 174 valence electrons. The summed E-state index contributed by atoms with van der Waals surface area (Å²) in [7, 11) is 1.48. The number of ether oxygens (including phenoxy) is 1. The zero-order valence-corrected chi connectivity index (χ0v) is 18.8. The third-order valence-electron chi connectivity index (χ3n) is 6.19. The van der Waals surface area contributed by atoms with Crippen LogP contribution in [0.15, 0.2) is 36.7 Å². The summed E-state index contributed by atoms with van der Waals surface area (Å²) in [6.07, 6.45) is 7.13. The molecule has 9 heteroatoms. The number of halogens is 2. The van der Waals surface area contributed by atoms with E-state index in [1.54, 1.807) is 23.6 Å². The SMILES string of the molecule is COc1cc2nc([C@H]3CC[C@H](C(C)=O)CC3)cn2cc1NC(=O)c1cccc(C(C)(F)F)n1. The van der Waals surface area contributed by atoms with E-state index in [1.165, 1.54) is 25.3 Å². The van der Waals surface area contributed by atoms with Crippen LogP contribution in [-0.4, -0.2) is 33.2 Å². The Morgan fingerprint density at radius 1 is 1.15 bits per heavy atom. The van der Waals surface area contributed by atoms with E-state index in [2.05, 4.69) is 10.3 Å². The molecule has 1 fully saturated rings. The van der Waals surface area contributed by atoms with Gasteiger partial charge in [0.1, 0.15) is 34.3 Å². The Morgan fingerprint density at radius 3 is 2.52 bits per heavy atom. The van der Waals surface area contributed by atoms with Gasteiger partial charge < -0.3 is 14.5 Å². The van der Waals surface area contributed by atoms with Crippen molar-refractivity contribution in [2.45, 2.75) is 51.4 Å². The molecule has 0 aliphatic heterocycles.